The number of methoxy groups -OCH3 is 1. The van der Waals surface area contributed by atoms with Gasteiger partial charge in [-0.3, -0.25) is 9.69 Å². The van der Waals surface area contributed by atoms with Crippen LogP contribution in [0.1, 0.15) is 24.3 Å². The smallest absolute Gasteiger partial charge is 0.248 e. The molecule has 2 aromatic rings. The van der Waals surface area contributed by atoms with E-state index in [4.69, 9.17) is 4.74 Å². The molecule has 0 unspecified atom stereocenters. The van der Waals surface area contributed by atoms with E-state index in [0.717, 1.165) is 37.1 Å². The van der Waals surface area contributed by atoms with Crippen molar-refractivity contribution in [3.63, 3.8) is 0 Å². The molecule has 0 bridgehead atoms. The first-order chi connectivity index (χ1) is 14.6. The predicted octanol–water partition coefficient (Wildman–Crippen LogP) is 2.89. The Morgan fingerprint density at radius 2 is 1.70 bits per heavy atom. The lowest BCUT2D eigenvalue weighted by Crippen LogP contribution is -2.68. The van der Waals surface area contributed by atoms with Gasteiger partial charge in [-0.15, -0.1) is 0 Å². The average molecular weight is 413 g/mol. The fraction of sp³-hybridized carbons (Fsp3) is 0.458. The Labute approximate surface area is 177 Å². The number of aliphatic hydroxyl groups excluding tert-OH is 1. The van der Waals surface area contributed by atoms with Gasteiger partial charge in [0.05, 0.1) is 6.61 Å². The average Bonchev–Trinajstić information content (AvgIpc) is 2.74. The third-order valence-corrected chi connectivity index (χ3v) is 6.46. The number of nitrogens with zero attached hydrogens (tertiary/aromatic N) is 2. The number of halogens is 1. The number of ether oxygens (including phenoxy) is 1. The Morgan fingerprint density at radius 1 is 1.07 bits per heavy atom. The minimum atomic E-state index is -0.243. The van der Waals surface area contributed by atoms with Crippen LogP contribution in [-0.2, 0) is 9.53 Å². The molecule has 6 heteroatoms. The molecule has 30 heavy (non-hydrogen) atoms. The van der Waals surface area contributed by atoms with Crippen LogP contribution in [0.5, 0.6) is 0 Å². The Kier molecular flexibility index (Phi) is 6.46. The minimum Gasteiger partial charge on any atom is -0.395 e. The lowest BCUT2D eigenvalue weighted by atomic mass is 9.74. The van der Waals surface area contributed by atoms with Gasteiger partial charge in [0.1, 0.15) is 12.4 Å². The van der Waals surface area contributed by atoms with E-state index in [2.05, 4.69) is 29.2 Å². The van der Waals surface area contributed by atoms with Gasteiger partial charge in [-0.25, -0.2) is 4.39 Å². The van der Waals surface area contributed by atoms with Crippen LogP contribution in [0.3, 0.4) is 0 Å². The summed E-state index contributed by atoms with van der Waals surface area (Å²) >= 11 is 0. The van der Waals surface area contributed by atoms with Crippen molar-refractivity contribution in [1.82, 2.24) is 9.80 Å². The molecular formula is C24H29FN2O3. The van der Waals surface area contributed by atoms with E-state index in [0.29, 0.717) is 6.54 Å². The van der Waals surface area contributed by atoms with Crippen LogP contribution >= 0.6 is 0 Å². The Morgan fingerprint density at radius 3 is 2.33 bits per heavy atom. The number of amides is 1. The molecule has 160 valence electrons. The van der Waals surface area contributed by atoms with E-state index >= 15 is 0 Å². The van der Waals surface area contributed by atoms with Crippen molar-refractivity contribution in [2.24, 2.45) is 0 Å². The van der Waals surface area contributed by atoms with Crippen LogP contribution in [0.4, 0.5) is 4.39 Å². The highest BCUT2D eigenvalue weighted by molar-refractivity contribution is 5.77. The molecule has 2 aromatic carbocycles. The second-order valence-electron chi connectivity index (χ2n) is 8.19. The number of hydrogen-bond donors (Lipinski definition) is 1. The maximum absolute atomic E-state index is 13.2. The number of aliphatic hydroxyl groups is 1. The first-order valence-corrected chi connectivity index (χ1v) is 10.6. The molecule has 1 amide bonds. The molecule has 2 aliphatic rings. The summed E-state index contributed by atoms with van der Waals surface area (Å²) in [6.07, 6.45) is 1.98. The van der Waals surface area contributed by atoms with E-state index in [1.54, 1.807) is 19.2 Å². The van der Waals surface area contributed by atoms with Crippen molar-refractivity contribution in [2.45, 2.75) is 30.8 Å². The highest BCUT2D eigenvalue weighted by Gasteiger charge is 2.49. The molecule has 0 saturated carbocycles. The summed E-state index contributed by atoms with van der Waals surface area (Å²) in [5.74, 6) is -0.0435. The van der Waals surface area contributed by atoms with Gasteiger partial charge in [0, 0.05) is 38.2 Å². The van der Waals surface area contributed by atoms with Crippen molar-refractivity contribution in [2.75, 3.05) is 40.0 Å². The fourth-order valence-corrected chi connectivity index (χ4v) is 4.92. The largest absolute Gasteiger partial charge is 0.395 e. The predicted molar refractivity (Wildman–Crippen MR) is 114 cm³/mol. The summed E-state index contributed by atoms with van der Waals surface area (Å²) in [4.78, 5) is 16.7. The molecule has 4 rings (SSSR count). The maximum atomic E-state index is 13.2. The van der Waals surface area contributed by atoms with Gasteiger partial charge in [-0.05, 0) is 48.2 Å². The normalized spacial score (nSPS) is 24.5. The van der Waals surface area contributed by atoms with Gasteiger partial charge in [-0.1, -0.05) is 36.4 Å². The minimum absolute atomic E-state index is 0.0252. The maximum Gasteiger partial charge on any atom is 0.248 e. The summed E-state index contributed by atoms with van der Waals surface area (Å²) in [6.45, 7) is 2.57. The lowest BCUT2D eigenvalue weighted by molar-refractivity contribution is -0.140. The molecule has 2 aliphatic heterocycles. The van der Waals surface area contributed by atoms with Gasteiger partial charge in [0.2, 0.25) is 5.91 Å². The SMILES string of the molecule is COCC(=O)N1CCCCN2[C@H](C1)[C@@H](c1ccc(-c3ccc(F)cc3)cc1)[C@@H]2CO. The molecule has 2 saturated heterocycles. The topological polar surface area (TPSA) is 53.0 Å². The summed E-state index contributed by atoms with van der Waals surface area (Å²) in [6, 6.07) is 15.1. The van der Waals surface area contributed by atoms with Crippen LogP contribution in [0.2, 0.25) is 0 Å². The van der Waals surface area contributed by atoms with Crippen LogP contribution in [0.25, 0.3) is 11.1 Å². The second-order valence-corrected chi connectivity index (χ2v) is 8.19. The Hall–Kier alpha value is -2.28. The zero-order valence-electron chi connectivity index (χ0n) is 17.3. The first kappa shape index (κ1) is 21.0. The summed E-state index contributed by atoms with van der Waals surface area (Å²) in [5, 5.41) is 10.1. The van der Waals surface area contributed by atoms with Crippen LogP contribution in [0, 0.1) is 5.82 Å². The summed E-state index contributed by atoms with van der Waals surface area (Å²) < 4.78 is 18.3. The molecule has 0 aliphatic carbocycles. The molecule has 2 heterocycles. The number of carbonyl (C=O) groups is 1. The van der Waals surface area contributed by atoms with Gasteiger partial charge in [0.25, 0.3) is 0 Å². The number of benzene rings is 2. The Bertz CT molecular complexity index is 856. The van der Waals surface area contributed by atoms with E-state index < -0.39 is 0 Å². The molecule has 0 radical (unpaired) electrons. The zero-order chi connectivity index (χ0) is 21.1. The molecule has 5 nitrogen and oxygen atoms in total. The monoisotopic (exact) mass is 412 g/mol. The van der Waals surface area contributed by atoms with Crippen molar-refractivity contribution in [3.8, 4) is 11.1 Å². The van der Waals surface area contributed by atoms with Crippen molar-refractivity contribution in [1.29, 1.82) is 0 Å². The van der Waals surface area contributed by atoms with Crippen molar-refractivity contribution >= 4 is 5.91 Å². The van der Waals surface area contributed by atoms with E-state index in [9.17, 15) is 14.3 Å². The molecule has 0 spiro atoms. The van der Waals surface area contributed by atoms with E-state index in [-0.39, 0.29) is 42.9 Å². The number of rotatable bonds is 5. The zero-order valence-corrected chi connectivity index (χ0v) is 17.3. The lowest BCUT2D eigenvalue weighted by Gasteiger charge is -2.57. The van der Waals surface area contributed by atoms with E-state index in [1.807, 2.05) is 4.90 Å². The van der Waals surface area contributed by atoms with Gasteiger partial charge < -0.3 is 14.7 Å². The number of hydrogen-bond acceptors (Lipinski definition) is 4. The standard InChI is InChI=1S/C24H29FN2O3/c1-30-16-23(29)26-12-2-3-13-27-21(14-26)24(22(27)15-28)19-6-4-17(5-7-19)18-8-10-20(25)11-9-18/h4-11,21-22,24,28H,2-3,12-16H2,1H3/t21-,22+,24-/m1/s1. The summed E-state index contributed by atoms with van der Waals surface area (Å²) in [7, 11) is 1.55. The quantitative estimate of drug-likeness (QED) is 0.821. The van der Waals surface area contributed by atoms with Gasteiger partial charge in [-0.2, -0.15) is 0 Å². The molecule has 0 aromatic heterocycles. The number of fused-ring (bicyclic) bond motifs is 1. The highest BCUT2D eigenvalue weighted by Crippen LogP contribution is 2.42. The third-order valence-electron chi connectivity index (χ3n) is 6.46. The Balaban J connectivity index is 1.55. The van der Waals surface area contributed by atoms with Gasteiger partial charge >= 0.3 is 0 Å². The second kappa shape index (κ2) is 9.25. The summed E-state index contributed by atoms with van der Waals surface area (Å²) in [5.41, 5.74) is 3.17. The highest BCUT2D eigenvalue weighted by atomic mass is 19.1. The molecule has 2 fully saturated rings. The van der Waals surface area contributed by atoms with Crippen LogP contribution < -0.4 is 0 Å². The molecular weight excluding hydrogens is 383 g/mol. The first-order valence-electron chi connectivity index (χ1n) is 10.6. The van der Waals surface area contributed by atoms with Crippen molar-refractivity contribution < 1.29 is 19.0 Å². The van der Waals surface area contributed by atoms with E-state index in [1.165, 1.54) is 17.7 Å². The van der Waals surface area contributed by atoms with Crippen LogP contribution in [-0.4, -0.2) is 72.9 Å². The third kappa shape index (κ3) is 4.13. The van der Waals surface area contributed by atoms with Crippen LogP contribution in [0.15, 0.2) is 48.5 Å². The number of carbonyl (C=O) groups excluding carboxylic acids is 1. The molecule has 1 N–H and O–H groups in total. The van der Waals surface area contributed by atoms with Gasteiger partial charge in [0.15, 0.2) is 0 Å². The van der Waals surface area contributed by atoms with Crippen molar-refractivity contribution in [3.05, 3.63) is 59.9 Å². The molecule has 3 atom stereocenters. The fourth-order valence-electron chi connectivity index (χ4n) is 4.92.